The molecule has 16 heavy (non-hydrogen) atoms. The Kier molecular flexibility index (Phi) is 3.36. The highest BCUT2D eigenvalue weighted by Crippen LogP contribution is 2.27. The van der Waals surface area contributed by atoms with Gasteiger partial charge >= 0.3 is 0 Å². The molecule has 0 saturated heterocycles. The first-order valence-corrected chi connectivity index (χ1v) is 6.26. The minimum absolute atomic E-state index is 0.0984. The average molecular weight is 232 g/mol. The third kappa shape index (κ3) is 2.31. The van der Waals surface area contributed by atoms with Crippen molar-refractivity contribution in [2.24, 2.45) is 5.73 Å². The van der Waals surface area contributed by atoms with Crippen molar-refractivity contribution in [2.45, 2.75) is 25.8 Å². The summed E-state index contributed by atoms with van der Waals surface area (Å²) in [5.41, 5.74) is 7.30. The maximum atomic E-state index is 6.18. The fraction of sp³-hybridized carbons (Fsp3) is 0.308. The lowest BCUT2D eigenvalue weighted by Crippen LogP contribution is -2.10. The summed E-state index contributed by atoms with van der Waals surface area (Å²) in [7, 11) is 0. The summed E-state index contributed by atoms with van der Waals surface area (Å²) in [6.07, 6.45) is 1.94. The largest absolute Gasteiger partial charge is 0.318 e. The number of aromatic nitrogens is 1. The second kappa shape index (κ2) is 4.76. The van der Waals surface area contributed by atoms with Gasteiger partial charge in [0.05, 0.1) is 6.04 Å². The number of nitrogens with two attached hydrogens (primary N) is 1. The second-order valence-corrected chi connectivity index (χ2v) is 5.24. The van der Waals surface area contributed by atoms with E-state index in [-0.39, 0.29) is 6.04 Å². The molecule has 1 aromatic carbocycles. The molecule has 1 atom stereocenters. The first-order chi connectivity index (χ1) is 7.68. The van der Waals surface area contributed by atoms with Crippen LogP contribution in [0.25, 0.3) is 0 Å². The molecule has 0 radical (unpaired) electrons. The number of hydrogen-bond donors (Lipinski definition) is 1. The third-order valence-electron chi connectivity index (χ3n) is 2.54. The Labute approximate surface area is 100 Å². The van der Waals surface area contributed by atoms with Crippen LogP contribution in [0.3, 0.4) is 0 Å². The quantitative estimate of drug-likeness (QED) is 0.881. The topological polar surface area (TPSA) is 38.9 Å². The van der Waals surface area contributed by atoms with Crippen LogP contribution in [-0.2, 0) is 0 Å². The minimum atomic E-state index is -0.0984. The zero-order valence-electron chi connectivity index (χ0n) is 9.55. The van der Waals surface area contributed by atoms with Crippen LogP contribution >= 0.6 is 11.3 Å². The standard InChI is InChI=1S/C13H16N2S/c1-9(2)11-8-15-13(16-11)12(14)10-6-4-3-5-7-10/h3-9,12H,14H2,1-2H3. The van der Waals surface area contributed by atoms with E-state index in [1.165, 1.54) is 4.88 Å². The molecule has 3 heteroatoms. The fourth-order valence-electron chi connectivity index (χ4n) is 1.51. The lowest BCUT2D eigenvalue weighted by Gasteiger charge is -2.08. The normalized spacial score (nSPS) is 13.0. The maximum absolute atomic E-state index is 6.18. The van der Waals surface area contributed by atoms with Crippen LogP contribution in [0.2, 0.25) is 0 Å². The summed E-state index contributed by atoms with van der Waals surface area (Å²) in [6.45, 7) is 4.34. The highest BCUT2D eigenvalue weighted by molar-refractivity contribution is 7.11. The van der Waals surface area contributed by atoms with Crippen molar-refractivity contribution in [2.75, 3.05) is 0 Å². The van der Waals surface area contributed by atoms with Gasteiger partial charge in [-0.3, -0.25) is 0 Å². The summed E-state index contributed by atoms with van der Waals surface area (Å²) < 4.78 is 0. The van der Waals surface area contributed by atoms with Crippen molar-refractivity contribution >= 4 is 11.3 Å². The molecule has 1 aromatic heterocycles. The van der Waals surface area contributed by atoms with Crippen molar-refractivity contribution in [3.05, 3.63) is 52.0 Å². The lowest BCUT2D eigenvalue weighted by atomic mass is 10.1. The summed E-state index contributed by atoms with van der Waals surface area (Å²) in [6, 6.07) is 10.00. The highest BCUT2D eigenvalue weighted by atomic mass is 32.1. The number of thiazole rings is 1. The minimum Gasteiger partial charge on any atom is -0.318 e. The van der Waals surface area contributed by atoms with Crippen molar-refractivity contribution in [3.8, 4) is 0 Å². The predicted molar refractivity (Wildman–Crippen MR) is 68.7 cm³/mol. The van der Waals surface area contributed by atoms with Crippen LogP contribution in [-0.4, -0.2) is 4.98 Å². The van der Waals surface area contributed by atoms with Gasteiger partial charge in [0.1, 0.15) is 5.01 Å². The van der Waals surface area contributed by atoms with Gasteiger partial charge < -0.3 is 5.73 Å². The molecular formula is C13H16N2S. The molecule has 0 aliphatic carbocycles. The van der Waals surface area contributed by atoms with Crippen LogP contribution in [0.5, 0.6) is 0 Å². The Hall–Kier alpha value is -1.19. The molecule has 2 nitrogen and oxygen atoms in total. The first kappa shape index (κ1) is 11.3. The molecule has 0 amide bonds. The van der Waals surface area contributed by atoms with Gasteiger partial charge in [0.25, 0.3) is 0 Å². The zero-order valence-corrected chi connectivity index (χ0v) is 10.4. The average Bonchev–Trinajstić information content (AvgIpc) is 2.78. The first-order valence-electron chi connectivity index (χ1n) is 5.44. The van der Waals surface area contributed by atoms with Crippen LogP contribution in [0.4, 0.5) is 0 Å². The Bertz CT molecular complexity index is 448. The van der Waals surface area contributed by atoms with Crippen molar-refractivity contribution in [1.82, 2.24) is 4.98 Å². The maximum Gasteiger partial charge on any atom is 0.114 e. The molecule has 0 bridgehead atoms. The van der Waals surface area contributed by atoms with E-state index in [0.29, 0.717) is 5.92 Å². The summed E-state index contributed by atoms with van der Waals surface area (Å²) in [5.74, 6) is 0.522. The smallest absolute Gasteiger partial charge is 0.114 e. The molecule has 2 N–H and O–H groups in total. The predicted octanol–water partition coefficient (Wildman–Crippen LogP) is 3.31. The molecule has 0 spiro atoms. The summed E-state index contributed by atoms with van der Waals surface area (Å²) in [5, 5.41) is 0.995. The molecule has 2 rings (SSSR count). The zero-order chi connectivity index (χ0) is 11.5. The molecule has 0 aliphatic heterocycles. The molecule has 0 saturated carbocycles. The van der Waals surface area contributed by atoms with E-state index >= 15 is 0 Å². The lowest BCUT2D eigenvalue weighted by molar-refractivity contribution is 0.855. The number of benzene rings is 1. The van der Waals surface area contributed by atoms with E-state index in [9.17, 15) is 0 Å². The molecule has 2 aromatic rings. The van der Waals surface area contributed by atoms with Crippen molar-refractivity contribution in [3.63, 3.8) is 0 Å². The molecule has 0 aliphatic rings. The highest BCUT2D eigenvalue weighted by Gasteiger charge is 2.13. The van der Waals surface area contributed by atoms with Crippen LogP contribution < -0.4 is 5.73 Å². The van der Waals surface area contributed by atoms with Gasteiger partial charge in [-0.1, -0.05) is 44.2 Å². The molecular weight excluding hydrogens is 216 g/mol. The molecule has 1 unspecified atom stereocenters. The number of rotatable bonds is 3. The SMILES string of the molecule is CC(C)c1cnc(C(N)c2ccccc2)s1. The van der Waals surface area contributed by atoms with E-state index in [0.717, 1.165) is 10.6 Å². The van der Waals surface area contributed by atoms with Gasteiger partial charge in [-0.25, -0.2) is 4.98 Å². The molecule has 84 valence electrons. The van der Waals surface area contributed by atoms with E-state index in [1.54, 1.807) is 11.3 Å². The summed E-state index contributed by atoms with van der Waals surface area (Å²) >= 11 is 1.71. The van der Waals surface area contributed by atoms with Crippen LogP contribution in [0, 0.1) is 0 Å². The van der Waals surface area contributed by atoms with E-state index in [2.05, 4.69) is 18.8 Å². The van der Waals surface area contributed by atoms with E-state index < -0.39 is 0 Å². The van der Waals surface area contributed by atoms with Gasteiger partial charge in [-0.2, -0.15) is 0 Å². The van der Waals surface area contributed by atoms with Gasteiger partial charge in [-0.15, -0.1) is 11.3 Å². The van der Waals surface area contributed by atoms with Crippen molar-refractivity contribution < 1.29 is 0 Å². The number of hydrogen-bond acceptors (Lipinski definition) is 3. The Morgan fingerprint density at radius 1 is 1.19 bits per heavy atom. The van der Waals surface area contributed by atoms with E-state index in [4.69, 9.17) is 5.73 Å². The van der Waals surface area contributed by atoms with Gasteiger partial charge in [0, 0.05) is 11.1 Å². The third-order valence-corrected chi connectivity index (χ3v) is 3.92. The number of nitrogens with zero attached hydrogens (tertiary/aromatic N) is 1. The van der Waals surface area contributed by atoms with Gasteiger partial charge in [-0.05, 0) is 11.5 Å². The molecule has 0 fully saturated rings. The van der Waals surface area contributed by atoms with Gasteiger partial charge in [0.15, 0.2) is 0 Å². The summed E-state index contributed by atoms with van der Waals surface area (Å²) in [4.78, 5) is 5.70. The second-order valence-electron chi connectivity index (χ2n) is 4.14. The van der Waals surface area contributed by atoms with Crippen LogP contribution in [0.1, 0.15) is 41.3 Å². The fourth-order valence-corrected chi connectivity index (χ4v) is 2.47. The molecule has 1 heterocycles. The van der Waals surface area contributed by atoms with Crippen molar-refractivity contribution in [1.29, 1.82) is 0 Å². The van der Waals surface area contributed by atoms with Gasteiger partial charge in [0.2, 0.25) is 0 Å². The van der Waals surface area contributed by atoms with Crippen LogP contribution in [0.15, 0.2) is 36.5 Å². The Balaban J connectivity index is 2.24. The Morgan fingerprint density at radius 3 is 2.44 bits per heavy atom. The van der Waals surface area contributed by atoms with E-state index in [1.807, 2.05) is 36.5 Å². The Morgan fingerprint density at radius 2 is 1.88 bits per heavy atom. The monoisotopic (exact) mass is 232 g/mol.